The van der Waals surface area contributed by atoms with E-state index < -0.39 is 5.97 Å². The molecule has 3 aromatic carbocycles. The van der Waals surface area contributed by atoms with Gasteiger partial charge in [0.15, 0.2) is 0 Å². The lowest BCUT2D eigenvalue weighted by Crippen LogP contribution is -1.99. The molecule has 0 amide bonds. The number of phenolic OH excluding ortho intramolecular Hbond substituents is 1. The summed E-state index contributed by atoms with van der Waals surface area (Å²) in [6.45, 7) is 0. The van der Waals surface area contributed by atoms with E-state index >= 15 is 0 Å². The number of carboxylic acid groups (broad SMARTS) is 1. The number of benzene rings is 3. The average Bonchev–Trinajstić information content (AvgIpc) is 2.49. The van der Waals surface area contributed by atoms with Crippen LogP contribution in [0.2, 0.25) is 0 Å². The van der Waals surface area contributed by atoms with Crippen LogP contribution in [0, 0.1) is 0 Å². The van der Waals surface area contributed by atoms with Crippen LogP contribution in [-0.4, -0.2) is 16.2 Å². The van der Waals surface area contributed by atoms with E-state index in [1.807, 2.05) is 36.4 Å². The van der Waals surface area contributed by atoms with Crippen LogP contribution < -0.4 is 0 Å². The number of carboxylic acids is 1. The molecule has 21 heavy (non-hydrogen) atoms. The molecule has 0 bridgehead atoms. The molecular formula is C18H14O3. The van der Waals surface area contributed by atoms with Crippen molar-refractivity contribution in [2.75, 3.05) is 0 Å². The van der Waals surface area contributed by atoms with Crippen molar-refractivity contribution in [3.63, 3.8) is 0 Å². The Labute approximate surface area is 122 Å². The second kappa shape index (κ2) is 5.29. The van der Waals surface area contributed by atoms with Crippen molar-refractivity contribution >= 4 is 16.7 Å². The molecule has 0 radical (unpaired) electrons. The number of hydrogen-bond acceptors (Lipinski definition) is 2. The summed E-state index contributed by atoms with van der Waals surface area (Å²) in [6.07, 6.45) is 0.494. The van der Waals surface area contributed by atoms with Gasteiger partial charge < -0.3 is 10.2 Å². The fourth-order valence-corrected chi connectivity index (χ4v) is 2.53. The molecule has 0 aliphatic carbocycles. The number of para-hydroxylation sites is 1. The van der Waals surface area contributed by atoms with E-state index in [0.717, 1.165) is 21.9 Å². The van der Waals surface area contributed by atoms with Gasteiger partial charge in [-0.3, -0.25) is 0 Å². The second-order valence-corrected chi connectivity index (χ2v) is 4.97. The zero-order valence-corrected chi connectivity index (χ0v) is 11.3. The van der Waals surface area contributed by atoms with Gasteiger partial charge in [-0.15, -0.1) is 0 Å². The summed E-state index contributed by atoms with van der Waals surface area (Å²) in [5, 5.41) is 21.0. The Balaban J connectivity index is 2.16. The lowest BCUT2D eigenvalue weighted by molar-refractivity contribution is 0.0697. The number of phenols is 1. The molecule has 0 saturated carbocycles. The molecule has 3 aromatic rings. The van der Waals surface area contributed by atoms with Crippen molar-refractivity contribution < 1.29 is 15.0 Å². The molecule has 0 aromatic heterocycles. The molecular weight excluding hydrogens is 264 g/mol. The van der Waals surface area contributed by atoms with Gasteiger partial charge in [-0.25, -0.2) is 4.79 Å². The Morgan fingerprint density at radius 2 is 1.62 bits per heavy atom. The Morgan fingerprint density at radius 3 is 2.38 bits per heavy atom. The first-order chi connectivity index (χ1) is 10.1. The molecule has 3 rings (SSSR count). The highest BCUT2D eigenvalue weighted by Crippen LogP contribution is 2.26. The zero-order valence-electron chi connectivity index (χ0n) is 11.3. The summed E-state index contributed by atoms with van der Waals surface area (Å²) in [6, 6.07) is 18.1. The van der Waals surface area contributed by atoms with Crippen molar-refractivity contribution in [3.05, 3.63) is 77.4 Å². The molecule has 2 N–H and O–H groups in total. The van der Waals surface area contributed by atoms with Gasteiger partial charge in [-0.1, -0.05) is 42.5 Å². The van der Waals surface area contributed by atoms with Gasteiger partial charge >= 0.3 is 5.97 Å². The number of fused-ring (bicyclic) bond motifs is 1. The Kier molecular flexibility index (Phi) is 3.32. The number of hydrogen-bond donors (Lipinski definition) is 2. The number of aromatic carboxylic acids is 1. The Bertz CT molecular complexity index is 822. The Hall–Kier alpha value is -2.81. The first-order valence-electron chi connectivity index (χ1n) is 6.67. The van der Waals surface area contributed by atoms with Gasteiger partial charge in [0.2, 0.25) is 0 Å². The third-order valence-electron chi connectivity index (χ3n) is 3.57. The molecule has 0 atom stereocenters. The van der Waals surface area contributed by atoms with Crippen LogP contribution in [0.3, 0.4) is 0 Å². The third-order valence-corrected chi connectivity index (χ3v) is 3.57. The topological polar surface area (TPSA) is 57.5 Å². The van der Waals surface area contributed by atoms with Gasteiger partial charge in [0.05, 0.1) is 5.56 Å². The molecule has 0 spiro atoms. The second-order valence-electron chi connectivity index (χ2n) is 4.97. The van der Waals surface area contributed by atoms with Crippen molar-refractivity contribution in [1.82, 2.24) is 0 Å². The van der Waals surface area contributed by atoms with E-state index in [1.165, 1.54) is 0 Å². The predicted octanol–water partition coefficient (Wildman–Crippen LogP) is 3.83. The number of aromatic hydroxyl groups is 1. The first-order valence-corrected chi connectivity index (χ1v) is 6.67. The highest BCUT2D eigenvalue weighted by Gasteiger charge is 2.10. The molecule has 0 aliphatic heterocycles. The minimum absolute atomic E-state index is 0.224. The van der Waals surface area contributed by atoms with E-state index in [0.29, 0.717) is 6.42 Å². The van der Waals surface area contributed by atoms with Crippen LogP contribution in [0.5, 0.6) is 5.75 Å². The van der Waals surface area contributed by atoms with Gasteiger partial charge in [0.1, 0.15) is 5.75 Å². The van der Waals surface area contributed by atoms with Gasteiger partial charge in [-0.2, -0.15) is 0 Å². The van der Waals surface area contributed by atoms with Crippen LogP contribution in [0.1, 0.15) is 21.5 Å². The fourth-order valence-electron chi connectivity index (χ4n) is 2.53. The molecule has 0 aliphatic rings. The van der Waals surface area contributed by atoms with Crippen LogP contribution >= 0.6 is 0 Å². The van der Waals surface area contributed by atoms with Crippen LogP contribution in [-0.2, 0) is 6.42 Å². The first kappa shape index (κ1) is 13.2. The van der Waals surface area contributed by atoms with Gasteiger partial charge in [0, 0.05) is 6.42 Å². The fraction of sp³-hybridized carbons (Fsp3) is 0.0556. The third kappa shape index (κ3) is 2.58. The average molecular weight is 278 g/mol. The lowest BCUT2D eigenvalue weighted by atomic mass is 9.95. The molecule has 3 heteroatoms. The largest absolute Gasteiger partial charge is 0.508 e. The van der Waals surface area contributed by atoms with Crippen LogP contribution in [0.15, 0.2) is 60.7 Å². The van der Waals surface area contributed by atoms with E-state index in [9.17, 15) is 15.0 Å². The lowest BCUT2D eigenvalue weighted by Gasteiger charge is -2.10. The summed E-state index contributed by atoms with van der Waals surface area (Å²) >= 11 is 0. The van der Waals surface area contributed by atoms with E-state index in [1.54, 1.807) is 24.3 Å². The van der Waals surface area contributed by atoms with Crippen LogP contribution in [0.4, 0.5) is 0 Å². The quantitative estimate of drug-likeness (QED) is 0.765. The number of rotatable bonds is 3. The molecule has 3 nitrogen and oxygen atoms in total. The van der Waals surface area contributed by atoms with Crippen molar-refractivity contribution in [2.24, 2.45) is 0 Å². The highest BCUT2D eigenvalue weighted by molar-refractivity contribution is 5.96. The monoisotopic (exact) mass is 278 g/mol. The summed E-state index contributed by atoms with van der Waals surface area (Å²) < 4.78 is 0. The van der Waals surface area contributed by atoms with E-state index in [2.05, 4.69) is 0 Å². The summed E-state index contributed by atoms with van der Waals surface area (Å²) in [7, 11) is 0. The molecule has 104 valence electrons. The van der Waals surface area contributed by atoms with E-state index in [-0.39, 0.29) is 11.3 Å². The van der Waals surface area contributed by atoms with Crippen LogP contribution in [0.25, 0.3) is 10.8 Å². The zero-order chi connectivity index (χ0) is 14.8. The molecule has 0 saturated heterocycles. The predicted molar refractivity (Wildman–Crippen MR) is 81.8 cm³/mol. The SMILES string of the molecule is O=C(O)c1cc(Cc2ccccc2O)c2ccccc2c1. The Morgan fingerprint density at radius 1 is 0.905 bits per heavy atom. The van der Waals surface area contributed by atoms with Gasteiger partial charge in [-0.05, 0) is 40.1 Å². The van der Waals surface area contributed by atoms with Crippen molar-refractivity contribution in [2.45, 2.75) is 6.42 Å². The van der Waals surface area contributed by atoms with Gasteiger partial charge in [0.25, 0.3) is 0 Å². The maximum atomic E-state index is 11.3. The molecule has 0 heterocycles. The van der Waals surface area contributed by atoms with E-state index in [4.69, 9.17) is 0 Å². The summed E-state index contributed by atoms with van der Waals surface area (Å²) in [5.41, 5.74) is 1.94. The smallest absolute Gasteiger partial charge is 0.335 e. The summed E-state index contributed by atoms with van der Waals surface area (Å²) in [5.74, 6) is -0.721. The van der Waals surface area contributed by atoms with Crippen molar-refractivity contribution in [3.8, 4) is 5.75 Å². The maximum Gasteiger partial charge on any atom is 0.335 e. The normalized spacial score (nSPS) is 10.7. The van der Waals surface area contributed by atoms with Crippen molar-refractivity contribution in [1.29, 1.82) is 0 Å². The maximum absolute atomic E-state index is 11.3. The minimum atomic E-state index is -0.945. The molecule has 0 unspecified atom stereocenters. The molecule has 0 fully saturated rings. The summed E-state index contributed by atoms with van der Waals surface area (Å²) in [4.78, 5) is 11.3. The number of carbonyl (C=O) groups is 1. The minimum Gasteiger partial charge on any atom is -0.508 e. The highest BCUT2D eigenvalue weighted by atomic mass is 16.4. The standard InChI is InChI=1S/C18H14O3/c19-17-8-4-2-6-13(17)10-14-11-15(18(20)21)9-12-5-1-3-7-16(12)14/h1-9,11,19H,10H2,(H,20,21).